The zero-order valence-electron chi connectivity index (χ0n) is 49.5. The van der Waals surface area contributed by atoms with Crippen LogP contribution in [0.3, 0.4) is 0 Å². The number of sulfone groups is 1. The Morgan fingerprint density at radius 2 is 1.62 bits per heavy atom. The highest BCUT2D eigenvalue weighted by Crippen LogP contribution is 2.33. The number of nitrogens with one attached hydrogen (secondary N) is 6. The van der Waals surface area contributed by atoms with Crippen molar-refractivity contribution in [1.29, 1.82) is 0 Å². The number of halogens is 3. The lowest BCUT2D eigenvalue weighted by Crippen LogP contribution is -2.56. The summed E-state index contributed by atoms with van der Waals surface area (Å²) in [5.41, 5.74) is 1.61. The predicted molar refractivity (Wildman–Crippen MR) is 313 cm³/mol. The fourth-order valence-electron chi connectivity index (χ4n) is 9.51. The Morgan fingerprint density at radius 3 is 2.28 bits per heavy atom. The van der Waals surface area contributed by atoms with E-state index in [1.165, 1.54) is 47.4 Å². The van der Waals surface area contributed by atoms with Gasteiger partial charge in [0.1, 0.15) is 31.5 Å². The first-order valence-electron chi connectivity index (χ1n) is 28.7. The molecule has 0 bridgehead atoms. The SMILES string of the molecule is CCCN(CCC)CCCC[C@H](NC(=O)[C@@H](NC(=O)CCCC#Cc1cnc(S(C)(=O)=O)nc1)C(C)C)C(=O)NCC(=O)NCOCC(=O)N(C)CCCc1ccc(C(F)(F)C(=O)NCc2ccc3c(c2)CN(C2CCC(=O)NC2=O)C3=O)cc1Cl. The van der Waals surface area contributed by atoms with Crippen LogP contribution < -0.4 is 31.9 Å². The van der Waals surface area contributed by atoms with Crippen molar-refractivity contribution < 1.29 is 65.1 Å². The lowest BCUT2D eigenvalue weighted by atomic mass is 10.0. The second kappa shape index (κ2) is 33.4. The van der Waals surface area contributed by atoms with Gasteiger partial charge in [0.15, 0.2) is 0 Å². The number of hydrogen-bond donors (Lipinski definition) is 6. The second-order valence-electron chi connectivity index (χ2n) is 21.6. The van der Waals surface area contributed by atoms with E-state index in [2.05, 4.69) is 72.5 Å². The molecule has 0 radical (unpaired) electrons. The predicted octanol–water partition coefficient (Wildman–Crippen LogP) is 3.44. The molecule has 3 heterocycles. The molecular formula is C59H78ClF2N11O12S. The maximum absolute atomic E-state index is 15.5. The molecule has 0 aliphatic carbocycles. The van der Waals surface area contributed by atoms with Gasteiger partial charge in [-0.1, -0.05) is 75.4 Å². The molecule has 23 nitrogen and oxygen atoms in total. The molecule has 1 saturated heterocycles. The average molecular weight is 1240 g/mol. The average Bonchev–Trinajstić information content (AvgIpc) is 3.26. The molecule has 9 amide bonds. The Labute approximate surface area is 505 Å². The molecule has 468 valence electrons. The highest BCUT2D eigenvalue weighted by Gasteiger charge is 2.42. The normalized spacial score (nSPS) is 14.8. The van der Waals surface area contributed by atoms with Gasteiger partial charge in [-0.3, -0.25) is 48.5 Å². The first kappa shape index (κ1) is 69.3. The molecule has 27 heteroatoms. The van der Waals surface area contributed by atoms with Crippen LogP contribution in [0.4, 0.5) is 8.78 Å². The minimum absolute atomic E-state index is 0.00866. The zero-order chi connectivity index (χ0) is 63.1. The molecule has 3 aromatic rings. The van der Waals surface area contributed by atoms with E-state index < -0.39 is 106 Å². The Hall–Kier alpha value is -7.47. The number of benzene rings is 2. The molecule has 0 spiro atoms. The third kappa shape index (κ3) is 21.2. The maximum Gasteiger partial charge on any atom is 0.349 e. The van der Waals surface area contributed by atoms with Crippen molar-refractivity contribution in [3.8, 4) is 11.8 Å². The number of aryl methyl sites for hydroxylation is 1. The van der Waals surface area contributed by atoms with Gasteiger partial charge < -0.3 is 46.0 Å². The summed E-state index contributed by atoms with van der Waals surface area (Å²) in [5.74, 6) is -4.18. The summed E-state index contributed by atoms with van der Waals surface area (Å²) in [7, 11) is -2.02. The topological polar surface area (TPSA) is 305 Å². The lowest BCUT2D eigenvalue weighted by molar-refractivity contribution is -0.147. The number of piperidine rings is 1. The fraction of sp³-hybridized carbons (Fsp3) is 0.542. The number of fused-ring (bicyclic) bond motifs is 1. The van der Waals surface area contributed by atoms with Gasteiger partial charge in [0.2, 0.25) is 56.3 Å². The molecule has 3 atom stereocenters. The number of hydrogen-bond acceptors (Lipinski definition) is 15. The summed E-state index contributed by atoms with van der Waals surface area (Å²) >= 11 is 6.42. The number of imide groups is 1. The highest BCUT2D eigenvalue weighted by atomic mass is 35.5. The second-order valence-corrected chi connectivity index (χ2v) is 23.9. The third-order valence-electron chi connectivity index (χ3n) is 14.2. The molecule has 86 heavy (non-hydrogen) atoms. The first-order chi connectivity index (χ1) is 40.8. The number of likely N-dealkylation sites (N-methyl/N-ethyl adjacent to an activating group) is 1. The van der Waals surface area contributed by atoms with Crippen molar-refractivity contribution in [3.63, 3.8) is 0 Å². The molecule has 1 unspecified atom stereocenters. The maximum atomic E-state index is 15.5. The number of aromatic nitrogens is 2. The van der Waals surface area contributed by atoms with Crippen LogP contribution in [0.5, 0.6) is 0 Å². The van der Waals surface area contributed by atoms with E-state index in [-0.39, 0.29) is 68.1 Å². The highest BCUT2D eigenvalue weighted by molar-refractivity contribution is 7.90. The quantitative estimate of drug-likeness (QED) is 0.0167. The van der Waals surface area contributed by atoms with Gasteiger partial charge in [-0.2, -0.15) is 8.78 Å². The van der Waals surface area contributed by atoms with Crippen molar-refractivity contribution >= 4 is 74.6 Å². The molecular weight excluding hydrogens is 1160 g/mol. The molecule has 1 fully saturated rings. The number of unbranched alkanes of at least 4 members (excludes halogenated alkanes) is 2. The summed E-state index contributed by atoms with van der Waals surface area (Å²) in [4.78, 5) is 129. The largest absolute Gasteiger partial charge is 0.351 e. The molecule has 1 aromatic heterocycles. The van der Waals surface area contributed by atoms with Gasteiger partial charge in [0, 0.05) is 80.7 Å². The van der Waals surface area contributed by atoms with E-state index in [1.54, 1.807) is 19.9 Å². The van der Waals surface area contributed by atoms with Crippen LogP contribution in [-0.2, 0) is 78.4 Å². The number of nitrogens with zero attached hydrogens (tertiary/aromatic N) is 5. The van der Waals surface area contributed by atoms with Crippen molar-refractivity contribution in [1.82, 2.24) is 56.6 Å². The third-order valence-corrected chi connectivity index (χ3v) is 15.4. The monoisotopic (exact) mass is 1240 g/mol. The van der Waals surface area contributed by atoms with Crippen molar-refractivity contribution in [3.05, 3.63) is 87.2 Å². The summed E-state index contributed by atoms with van der Waals surface area (Å²) in [5, 5.41) is 14.8. The van der Waals surface area contributed by atoms with Crippen molar-refractivity contribution in [2.75, 3.05) is 59.4 Å². The van der Waals surface area contributed by atoms with Gasteiger partial charge in [-0.25, -0.2) is 18.4 Å². The van der Waals surface area contributed by atoms with Crippen LogP contribution >= 0.6 is 11.6 Å². The van der Waals surface area contributed by atoms with E-state index in [0.29, 0.717) is 59.9 Å². The summed E-state index contributed by atoms with van der Waals surface area (Å²) in [6.45, 7) is 9.16. The van der Waals surface area contributed by atoms with Gasteiger partial charge in [0.25, 0.3) is 11.8 Å². The van der Waals surface area contributed by atoms with Crippen molar-refractivity contribution in [2.24, 2.45) is 5.92 Å². The van der Waals surface area contributed by atoms with E-state index in [9.17, 15) is 51.6 Å². The van der Waals surface area contributed by atoms with E-state index in [4.69, 9.17) is 16.3 Å². The molecule has 0 saturated carbocycles. The van der Waals surface area contributed by atoms with Gasteiger partial charge in [-0.05, 0) is 112 Å². The molecule has 5 rings (SSSR count). The summed E-state index contributed by atoms with van der Waals surface area (Å²) in [6, 6.07) is 5.29. The molecule has 2 aromatic carbocycles. The standard InChI is InChI=1S/C59H78ClF2N11O12S/c1-7-25-72(26-8-2)28-13-12-17-46(68-55(80)52(38(3)4)69-48(74)18-11-9-10-15-40-32-65-58(66-33-40)86(6,83)84)53(78)63-34-50(76)67-37-85-36-51(77)71(5)27-14-16-41-20-21-43(30-45(41)60)59(61,62)57(82)64-31-39-19-22-44-42(29-39)35-73(56(44)81)47-23-24-49(75)70-54(47)79/h19-22,29-30,32-33,38,46-47,52H,7-9,11-14,16-18,23-28,31,34-37H2,1-6H3,(H,63,78)(H,64,82)(H,67,76)(H,68,80)(H,69,74)(H,70,75,79)/t46-,47?,52-/m0/s1. The Bertz CT molecular complexity index is 3100. The minimum atomic E-state index is -3.97. The molecule has 2 aliphatic rings. The van der Waals surface area contributed by atoms with Crippen LogP contribution in [0.15, 0.2) is 53.9 Å². The smallest absolute Gasteiger partial charge is 0.349 e. The Balaban J connectivity index is 1.02. The number of carbonyl (C=O) groups is 9. The van der Waals surface area contributed by atoms with Gasteiger partial charge in [0.05, 0.1) is 12.1 Å². The van der Waals surface area contributed by atoms with Crippen molar-refractivity contribution in [2.45, 2.75) is 147 Å². The summed E-state index contributed by atoms with van der Waals surface area (Å²) in [6.07, 6.45) is 8.83. The van der Waals surface area contributed by atoms with E-state index >= 15 is 8.78 Å². The zero-order valence-corrected chi connectivity index (χ0v) is 51.0. The number of rotatable bonds is 33. The van der Waals surface area contributed by atoms with Gasteiger partial charge in [-0.15, -0.1) is 0 Å². The number of carbonyl (C=O) groups excluding carboxylic acids is 9. The van der Waals surface area contributed by atoms with Crippen LogP contribution in [0.25, 0.3) is 0 Å². The van der Waals surface area contributed by atoms with Crippen LogP contribution in [0, 0.1) is 17.8 Å². The Kier molecular flexibility index (Phi) is 26.9. The number of amides is 9. The van der Waals surface area contributed by atoms with Crippen LogP contribution in [0.2, 0.25) is 5.02 Å². The van der Waals surface area contributed by atoms with E-state index in [1.807, 2.05) is 0 Å². The fourth-order valence-corrected chi connectivity index (χ4v) is 10.3. The number of ether oxygens (including phenoxy) is 1. The van der Waals surface area contributed by atoms with E-state index in [0.717, 1.165) is 57.3 Å². The summed E-state index contributed by atoms with van der Waals surface area (Å²) < 4.78 is 59.5. The number of alkyl halides is 2. The van der Waals surface area contributed by atoms with Crippen LogP contribution in [0.1, 0.15) is 136 Å². The lowest BCUT2D eigenvalue weighted by Gasteiger charge is -2.29. The van der Waals surface area contributed by atoms with Gasteiger partial charge >= 0.3 is 5.92 Å². The minimum Gasteiger partial charge on any atom is -0.351 e. The molecule has 6 N–H and O–H groups in total. The van der Waals surface area contributed by atoms with Crippen LogP contribution in [-0.4, -0.2) is 164 Å². The first-order valence-corrected chi connectivity index (χ1v) is 31.0. The Morgan fingerprint density at radius 1 is 0.895 bits per heavy atom. The molecule has 2 aliphatic heterocycles.